The maximum Gasteiger partial charge on any atom is 0.255 e. The van der Waals surface area contributed by atoms with Crippen LogP contribution in [-0.2, 0) is 0 Å². The number of thiol groups is 1. The molecule has 1 aromatic rings. The zero-order valence-corrected chi connectivity index (χ0v) is 11.5. The first-order valence-corrected chi connectivity index (χ1v) is 6.68. The van der Waals surface area contributed by atoms with Crippen molar-refractivity contribution in [2.75, 3.05) is 13.1 Å². The molecule has 1 aromatic carbocycles. The van der Waals surface area contributed by atoms with E-state index in [0.717, 1.165) is 24.4 Å². The largest absolute Gasteiger partial charge is 0.338 e. The fraction of sp³-hybridized carbons (Fsp3) is 0.462. The minimum atomic E-state index is 0.0254. The van der Waals surface area contributed by atoms with Crippen molar-refractivity contribution >= 4 is 30.1 Å². The quantitative estimate of drug-likeness (QED) is 0.774. The Morgan fingerprint density at radius 2 is 2.29 bits per heavy atom. The van der Waals surface area contributed by atoms with E-state index in [0.29, 0.717) is 16.5 Å². The lowest BCUT2D eigenvalue weighted by molar-refractivity contribution is 0.0683. The maximum atomic E-state index is 12.3. The van der Waals surface area contributed by atoms with Gasteiger partial charge >= 0.3 is 0 Å². The van der Waals surface area contributed by atoms with Crippen molar-refractivity contribution in [3.05, 3.63) is 28.8 Å². The molecule has 1 fully saturated rings. The van der Waals surface area contributed by atoms with Crippen molar-refractivity contribution in [2.45, 2.75) is 24.7 Å². The van der Waals surface area contributed by atoms with Gasteiger partial charge in [-0.15, -0.1) is 12.6 Å². The summed E-state index contributed by atoms with van der Waals surface area (Å²) < 4.78 is 0. The first-order valence-electron chi connectivity index (χ1n) is 5.85. The van der Waals surface area contributed by atoms with Gasteiger partial charge in [-0.05, 0) is 37.0 Å². The molecule has 1 saturated heterocycles. The Kier molecular flexibility index (Phi) is 4.00. The third-order valence-electron chi connectivity index (χ3n) is 3.12. The lowest BCUT2D eigenvalue weighted by Crippen LogP contribution is -2.39. The van der Waals surface area contributed by atoms with Crippen LogP contribution in [0.3, 0.4) is 0 Å². The average Bonchev–Trinajstić information content (AvgIpc) is 2.31. The molecule has 1 atom stereocenters. The summed E-state index contributed by atoms with van der Waals surface area (Å²) in [6.07, 6.45) is 2.27. The van der Waals surface area contributed by atoms with Crippen LogP contribution in [0, 0.1) is 5.92 Å². The van der Waals surface area contributed by atoms with Gasteiger partial charge in [-0.1, -0.05) is 18.5 Å². The lowest BCUT2D eigenvalue weighted by atomic mass is 9.99. The molecule has 2 nitrogen and oxygen atoms in total. The number of halogens is 1. The van der Waals surface area contributed by atoms with Gasteiger partial charge in [0.2, 0.25) is 0 Å². The highest BCUT2D eigenvalue weighted by Crippen LogP contribution is 2.24. The molecular formula is C13H16ClNOS. The Morgan fingerprint density at radius 3 is 3.00 bits per heavy atom. The Balaban J connectivity index is 2.21. The number of carbonyl (C=O) groups is 1. The summed E-state index contributed by atoms with van der Waals surface area (Å²) in [5, 5.41) is 0.506. The van der Waals surface area contributed by atoms with Crippen LogP contribution in [0.1, 0.15) is 30.1 Å². The van der Waals surface area contributed by atoms with E-state index in [-0.39, 0.29) is 5.91 Å². The van der Waals surface area contributed by atoms with Crippen LogP contribution in [-0.4, -0.2) is 23.9 Å². The van der Waals surface area contributed by atoms with Crippen LogP contribution in [0.2, 0.25) is 5.02 Å². The summed E-state index contributed by atoms with van der Waals surface area (Å²) >= 11 is 10.3. The second-order valence-corrected chi connectivity index (χ2v) is 5.59. The van der Waals surface area contributed by atoms with Gasteiger partial charge in [0, 0.05) is 18.0 Å². The number of benzene rings is 1. The van der Waals surface area contributed by atoms with Gasteiger partial charge in [0.15, 0.2) is 0 Å². The molecule has 0 radical (unpaired) electrons. The molecule has 1 aliphatic heterocycles. The highest BCUT2D eigenvalue weighted by atomic mass is 35.5. The second kappa shape index (κ2) is 5.32. The normalized spacial score (nSPS) is 20.4. The summed E-state index contributed by atoms with van der Waals surface area (Å²) in [5.41, 5.74) is 0.563. The first kappa shape index (κ1) is 12.8. The number of hydrogen-bond donors (Lipinski definition) is 1. The number of carbonyl (C=O) groups excluding carboxylic acids is 1. The zero-order valence-electron chi connectivity index (χ0n) is 9.82. The van der Waals surface area contributed by atoms with Crippen molar-refractivity contribution in [2.24, 2.45) is 5.92 Å². The smallest absolute Gasteiger partial charge is 0.255 e. The summed E-state index contributed by atoms with van der Waals surface area (Å²) in [7, 11) is 0. The van der Waals surface area contributed by atoms with Gasteiger partial charge in [-0.25, -0.2) is 0 Å². The van der Waals surface area contributed by atoms with E-state index >= 15 is 0 Å². The van der Waals surface area contributed by atoms with Crippen molar-refractivity contribution in [3.8, 4) is 0 Å². The predicted molar refractivity (Wildman–Crippen MR) is 73.0 cm³/mol. The van der Waals surface area contributed by atoms with Crippen LogP contribution in [0.15, 0.2) is 23.1 Å². The van der Waals surface area contributed by atoms with E-state index < -0.39 is 0 Å². The molecule has 0 spiro atoms. The van der Waals surface area contributed by atoms with Crippen LogP contribution in [0.5, 0.6) is 0 Å². The summed E-state index contributed by atoms with van der Waals surface area (Å²) in [6, 6.07) is 5.26. The van der Waals surface area contributed by atoms with E-state index in [4.69, 9.17) is 11.6 Å². The first-order chi connectivity index (χ1) is 8.08. The number of amides is 1. The topological polar surface area (TPSA) is 20.3 Å². The summed E-state index contributed by atoms with van der Waals surface area (Å²) in [6.45, 7) is 3.83. The van der Waals surface area contributed by atoms with E-state index in [2.05, 4.69) is 19.6 Å². The van der Waals surface area contributed by atoms with Crippen molar-refractivity contribution < 1.29 is 4.79 Å². The van der Waals surface area contributed by atoms with Crippen LogP contribution in [0.4, 0.5) is 0 Å². The molecule has 0 bridgehead atoms. The highest BCUT2D eigenvalue weighted by molar-refractivity contribution is 7.80. The molecule has 0 aromatic heterocycles. The Hall–Kier alpha value is -0.670. The molecule has 17 heavy (non-hydrogen) atoms. The molecule has 1 amide bonds. The van der Waals surface area contributed by atoms with Gasteiger partial charge in [0.05, 0.1) is 10.6 Å². The standard InChI is InChI=1S/C13H16ClNOS/c1-9-3-2-6-15(8-9)13(16)11-7-10(17)4-5-12(11)14/h4-5,7,9,17H,2-3,6,8H2,1H3. The molecule has 1 aliphatic rings. The Morgan fingerprint density at radius 1 is 1.53 bits per heavy atom. The van der Waals surface area contributed by atoms with Gasteiger partial charge in [-0.3, -0.25) is 4.79 Å². The molecule has 2 rings (SSSR count). The average molecular weight is 270 g/mol. The minimum Gasteiger partial charge on any atom is -0.338 e. The van der Waals surface area contributed by atoms with Gasteiger partial charge in [0.1, 0.15) is 0 Å². The van der Waals surface area contributed by atoms with E-state index in [1.165, 1.54) is 6.42 Å². The van der Waals surface area contributed by atoms with Crippen molar-refractivity contribution in [3.63, 3.8) is 0 Å². The van der Waals surface area contributed by atoms with Crippen LogP contribution < -0.4 is 0 Å². The predicted octanol–water partition coefficient (Wildman–Crippen LogP) is 3.50. The fourth-order valence-electron chi connectivity index (χ4n) is 2.22. The number of piperidine rings is 1. The lowest BCUT2D eigenvalue weighted by Gasteiger charge is -2.31. The van der Waals surface area contributed by atoms with E-state index in [1.54, 1.807) is 18.2 Å². The van der Waals surface area contributed by atoms with Gasteiger partial charge in [0.25, 0.3) is 5.91 Å². The Labute approximate surface area is 112 Å². The third kappa shape index (κ3) is 2.96. The minimum absolute atomic E-state index is 0.0254. The zero-order chi connectivity index (χ0) is 12.4. The number of nitrogens with zero attached hydrogens (tertiary/aromatic N) is 1. The second-order valence-electron chi connectivity index (χ2n) is 4.66. The highest BCUT2D eigenvalue weighted by Gasteiger charge is 2.23. The number of rotatable bonds is 1. The summed E-state index contributed by atoms with van der Waals surface area (Å²) in [4.78, 5) is 15.0. The van der Waals surface area contributed by atoms with Gasteiger partial charge < -0.3 is 4.90 Å². The van der Waals surface area contributed by atoms with Gasteiger partial charge in [-0.2, -0.15) is 0 Å². The molecule has 1 heterocycles. The number of likely N-dealkylation sites (tertiary alicyclic amines) is 1. The SMILES string of the molecule is CC1CCCN(C(=O)c2cc(S)ccc2Cl)C1. The van der Waals surface area contributed by atoms with E-state index in [1.807, 2.05) is 4.90 Å². The fourth-order valence-corrected chi connectivity index (χ4v) is 2.62. The molecule has 0 saturated carbocycles. The Bertz CT molecular complexity index is 435. The number of hydrogen-bond acceptors (Lipinski definition) is 2. The molecule has 0 aliphatic carbocycles. The molecule has 1 unspecified atom stereocenters. The van der Waals surface area contributed by atoms with E-state index in [9.17, 15) is 4.79 Å². The monoisotopic (exact) mass is 269 g/mol. The van der Waals surface area contributed by atoms with Crippen molar-refractivity contribution in [1.82, 2.24) is 4.90 Å². The molecule has 0 N–H and O–H groups in total. The van der Waals surface area contributed by atoms with Crippen LogP contribution >= 0.6 is 24.2 Å². The maximum absolute atomic E-state index is 12.3. The summed E-state index contributed by atoms with van der Waals surface area (Å²) in [5.74, 6) is 0.600. The molecular weight excluding hydrogens is 254 g/mol. The third-order valence-corrected chi connectivity index (χ3v) is 3.73. The molecule has 4 heteroatoms. The molecule has 92 valence electrons. The van der Waals surface area contributed by atoms with Crippen molar-refractivity contribution in [1.29, 1.82) is 0 Å². The van der Waals surface area contributed by atoms with Crippen LogP contribution in [0.25, 0.3) is 0 Å².